The number of amides is 3. The van der Waals surface area contributed by atoms with Crippen molar-refractivity contribution in [3.05, 3.63) is 27.3 Å². The van der Waals surface area contributed by atoms with Gasteiger partial charge in [-0.05, 0) is 53.6 Å². The molecule has 2 rings (SSSR count). The summed E-state index contributed by atoms with van der Waals surface area (Å²) in [5.74, 6) is -1.68. The van der Waals surface area contributed by atoms with E-state index in [1.807, 2.05) is 22.6 Å². The SMILES string of the molecule is NC(=O)C1CCCN1C(=O)Nc1ccc(I)cc1C(=O)O. The van der Waals surface area contributed by atoms with Gasteiger partial charge in [-0.1, -0.05) is 0 Å². The van der Waals surface area contributed by atoms with E-state index in [0.717, 1.165) is 3.57 Å². The first-order valence-corrected chi connectivity index (χ1v) is 7.38. The third kappa shape index (κ3) is 3.43. The molecule has 0 bridgehead atoms. The highest BCUT2D eigenvalue weighted by molar-refractivity contribution is 14.1. The minimum absolute atomic E-state index is 0.00470. The second-order valence-corrected chi connectivity index (χ2v) is 5.92. The van der Waals surface area contributed by atoms with Gasteiger partial charge < -0.3 is 21.1 Å². The lowest BCUT2D eigenvalue weighted by Gasteiger charge is -2.23. The zero-order chi connectivity index (χ0) is 15.6. The van der Waals surface area contributed by atoms with Gasteiger partial charge in [-0.2, -0.15) is 0 Å². The zero-order valence-electron chi connectivity index (χ0n) is 11.0. The lowest BCUT2D eigenvalue weighted by atomic mass is 10.2. The lowest BCUT2D eigenvalue weighted by molar-refractivity contribution is -0.121. The molecule has 1 aromatic carbocycles. The van der Waals surface area contributed by atoms with Gasteiger partial charge in [0.05, 0.1) is 11.3 Å². The smallest absolute Gasteiger partial charge is 0.337 e. The molecule has 4 N–H and O–H groups in total. The first kappa shape index (κ1) is 15.5. The minimum Gasteiger partial charge on any atom is -0.478 e. The van der Waals surface area contributed by atoms with Crippen molar-refractivity contribution in [2.75, 3.05) is 11.9 Å². The average molecular weight is 403 g/mol. The van der Waals surface area contributed by atoms with Gasteiger partial charge in [-0.25, -0.2) is 9.59 Å². The molecule has 1 aliphatic heterocycles. The predicted molar refractivity (Wildman–Crippen MR) is 84.1 cm³/mol. The van der Waals surface area contributed by atoms with E-state index in [0.29, 0.717) is 19.4 Å². The van der Waals surface area contributed by atoms with Gasteiger partial charge >= 0.3 is 12.0 Å². The second-order valence-electron chi connectivity index (χ2n) is 4.68. The van der Waals surface area contributed by atoms with Crippen LogP contribution in [0.15, 0.2) is 18.2 Å². The maximum absolute atomic E-state index is 12.2. The van der Waals surface area contributed by atoms with Crippen LogP contribution < -0.4 is 11.1 Å². The number of rotatable bonds is 3. The highest BCUT2D eigenvalue weighted by atomic mass is 127. The molecule has 0 saturated carbocycles. The summed E-state index contributed by atoms with van der Waals surface area (Å²) in [6.07, 6.45) is 1.22. The molecule has 1 aliphatic rings. The van der Waals surface area contributed by atoms with Gasteiger partial charge in [0.25, 0.3) is 0 Å². The van der Waals surface area contributed by atoms with Crippen LogP contribution in [-0.4, -0.2) is 40.5 Å². The van der Waals surface area contributed by atoms with E-state index in [9.17, 15) is 14.4 Å². The number of hydrogen-bond acceptors (Lipinski definition) is 3. The van der Waals surface area contributed by atoms with Gasteiger partial charge in [-0.3, -0.25) is 4.79 Å². The molecule has 0 aromatic heterocycles. The van der Waals surface area contributed by atoms with Gasteiger partial charge in [0.2, 0.25) is 5.91 Å². The quantitative estimate of drug-likeness (QED) is 0.664. The molecule has 0 spiro atoms. The number of carbonyl (C=O) groups excluding carboxylic acids is 2. The molecule has 8 heteroatoms. The van der Waals surface area contributed by atoms with Crippen LogP contribution in [0.25, 0.3) is 0 Å². The largest absolute Gasteiger partial charge is 0.478 e. The van der Waals surface area contributed by atoms with Crippen LogP contribution in [0.1, 0.15) is 23.2 Å². The van der Waals surface area contributed by atoms with Crippen molar-refractivity contribution >= 4 is 46.2 Å². The molecule has 1 unspecified atom stereocenters. The number of primary amides is 1. The zero-order valence-corrected chi connectivity index (χ0v) is 13.2. The Bertz CT molecular complexity index is 605. The van der Waals surface area contributed by atoms with Crippen LogP contribution in [0, 0.1) is 3.57 Å². The summed E-state index contributed by atoms with van der Waals surface area (Å²) in [5, 5.41) is 11.7. The highest BCUT2D eigenvalue weighted by Crippen LogP contribution is 2.22. The Labute approximate surface area is 134 Å². The number of aromatic carboxylic acids is 1. The number of nitrogens with zero attached hydrogens (tertiary/aromatic N) is 1. The molecule has 1 fully saturated rings. The lowest BCUT2D eigenvalue weighted by Crippen LogP contribution is -2.45. The summed E-state index contributed by atoms with van der Waals surface area (Å²) in [6, 6.07) is 3.53. The molecular weight excluding hydrogens is 389 g/mol. The number of anilines is 1. The van der Waals surface area contributed by atoms with E-state index >= 15 is 0 Å². The number of urea groups is 1. The van der Waals surface area contributed by atoms with Crippen molar-refractivity contribution in [1.82, 2.24) is 4.90 Å². The fourth-order valence-corrected chi connectivity index (χ4v) is 2.79. The third-order valence-corrected chi connectivity index (χ3v) is 3.97. The summed E-state index contributed by atoms with van der Waals surface area (Å²) in [7, 11) is 0. The fourth-order valence-electron chi connectivity index (χ4n) is 2.30. The third-order valence-electron chi connectivity index (χ3n) is 3.30. The molecule has 1 aromatic rings. The van der Waals surface area contributed by atoms with Crippen LogP contribution in [0.2, 0.25) is 0 Å². The number of benzene rings is 1. The maximum atomic E-state index is 12.2. The Hall–Kier alpha value is -1.84. The number of carboxylic acid groups (broad SMARTS) is 1. The molecule has 7 nitrogen and oxygen atoms in total. The van der Waals surface area contributed by atoms with Gasteiger partial charge in [-0.15, -0.1) is 0 Å². The van der Waals surface area contributed by atoms with Crippen LogP contribution in [0.3, 0.4) is 0 Å². The Balaban J connectivity index is 2.20. The maximum Gasteiger partial charge on any atom is 0.337 e. The second kappa shape index (κ2) is 6.29. The first-order valence-electron chi connectivity index (χ1n) is 6.30. The van der Waals surface area contributed by atoms with Crippen molar-refractivity contribution in [1.29, 1.82) is 0 Å². The molecular formula is C13H14IN3O4. The molecule has 1 heterocycles. The van der Waals surface area contributed by atoms with Crippen LogP contribution in [-0.2, 0) is 4.79 Å². The first-order chi connectivity index (χ1) is 9.90. The van der Waals surface area contributed by atoms with Gasteiger partial charge in [0.15, 0.2) is 0 Å². The number of carboxylic acids is 1. The number of halogens is 1. The van der Waals surface area contributed by atoms with E-state index < -0.39 is 23.9 Å². The number of nitrogens with two attached hydrogens (primary N) is 1. The van der Waals surface area contributed by atoms with E-state index in [-0.39, 0.29) is 11.3 Å². The summed E-state index contributed by atoms with van der Waals surface area (Å²) in [4.78, 5) is 36.0. The van der Waals surface area contributed by atoms with Crippen molar-refractivity contribution in [3.63, 3.8) is 0 Å². The normalized spacial score (nSPS) is 17.6. The number of hydrogen-bond donors (Lipinski definition) is 3. The summed E-state index contributed by atoms with van der Waals surface area (Å²) >= 11 is 1.99. The van der Waals surface area contributed by atoms with Crippen molar-refractivity contribution in [2.45, 2.75) is 18.9 Å². The average Bonchev–Trinajstić information content (AvgIpc) is 2.90. The van der Waals surface area contributed by atoms with Gasteiger partial charge in [0.1, 0.15) is 6.04 Å². The van der Waals surface area contributed by atoms with Crippen molar-refractivity contribution < 1.29 is 19.5 Å². The number of carbonyl (C=O) groups is 3. The molecule has 1 saturated heterocycles. The van der Waals surface area contributed by atoms with Gasteiger partial charge in [0, 0.05) is 10.1 Å². The highest BCUT2D eigenvalue weighted by Gasteiger charge is 2.33. The van der Waals surface area contributed by atoms with Crippen molar-refractivity contribution in [3.8, 4) is 0 Å². The van der Waals surface area contributed by atoms with E-state index in [1.54, 1.807) is 6.07 Å². The van der Waals surface area contributed by atoms with Crippen LogP contribution in [0.5, 0.6) is 0 Å². The van der Waals surface area contributed by atoms with E-state index in [2.05, 4.69) is 5.32 Å². The Morgan fingerprint density at radius 3 is 2.71 bits per heavy atom. The summed E-state index contributed by atoms with van der Waals surface area (Å²) < 4.78 is 0.749. The summed E-state index contributed by atoms with van der Waals surface area (Å²) in [6.45, 7) is 0.423. The fraction of sp³-hybridized carbons (Fsp3) is 0.308. The molecule has 3 amide bonds. The standard InChI is InChI=1S/C13H14IN3O4/c14-7-3-4-9(8(6-7)12(19)20)16-13(21)17-5-1-2-10(17)11(15)18/h3-4,6,10H,1-2,5H2,(H2,15,18)(H,16,21)(H,19,20). The van der Waals surface area contributed by atoms with Crippen LogP contribution >= 0.6 is 22.6 Å². The molecule has 1 atom stereocenters. The molecule has 112 valence electrons. The topological polar surface area (TPSA) is 113 Å². The van der Waals surface area contributed by atoms with E-state index in [4.69, 9.17) is 10.8 Å². The molecule has 0 radical (unpaired) electrons. The van der Waals surface area contributed by atoms with Crippen molar-refractivity contribution in [2.24, 2.45) is 5.73 Å². The number of likely N-dealkylation sites (tertiary alicyclic amines) is 1. The summed E-state index contributed by atoms with van der Waals surface area (Å²) in [5.41, 5.74) is 5.46. The molecule has 0 aliphatic carbocycles. The van der Waals surface area contributed by atoms with E-state index in [1.165, 1.54) is 17.0 Å². The van der Waals surface area contributed by atoms with Crippen LogP contribution in [0.4, 0.5) is 10.5 Å². The Morgan fingerprint density at radius 1 is 1.38 bits per heavy atom. The molecule has 21 heavy (non-hydrogen) atoms. The monoisotopic (exact) mass is 403 g/mol. The predicted octanol–water partition coefficient (Wildman–Crippen LogP) is 1.47. The Kier molecular flexibility index (Phi) is 4.66. The Morgan fingerprint density at radius 2 is 2.10 bits per heavy atom. The minimum atomic E-state index is -1.13. The number of nitrogens with one attached hydrogen (secondary N) is 1.